The summed E-state index contributed by atoms with van der Waals surface area (Å²) in [5, 5.41) is 8.86. The quantitative estimate of drug-likeness (QED) is 0.693. The Morgan fingerprint density at radius 1 is 1.24 bits per heavy atom. The minimum absolute atomic E-state index is 0.248. The first kappa shape index (κ1) is 14.1. The molecule has 1 saturated heterocycles. The molecule has 0 aromatic carbocycles. The van der Waals surface area contributed by atoms with Crippen molar-refractivity contribution in [3.8, 4) is 0 Å². The van der Waals surface area contributed by atoms with E-state index in [1.807, 2.05) is 6.92 Å². The van der Waals surface area contributed by atoms with Crippen molar-refractivity contribution < 1.29 is 5.11 Å². The van der Waals surface area contributed by atoms with E-state index in [2.05, 4.69) is 28.0 Å². The van der Waals surface area contributed by atoms with Crippen molar-refractivity contribution in [2.24, 2.45) is 4.99 Å². The summed E-state index contributed by atoms with van der Waals surface area (Å²) in [5.74, 6) is 0. The summed E-state index contributed by atoms with van der Waals surface area (Å²) in [6.07, 6.45) is 1.79. The van der Waals surface area contributed by atoms with Gasteiger partial charge in [-0.15, -0.1) is 0 Å². The molecule has 17 heavy (non-hydrogen) atoms. The lowest BCUT2D eigenvalue weighted by Crippen LogP contribution is -2.47. The van der Waals surface area contributed by atoms with Crippen LogP contribution in [0.4, 0.5) is 0 Å². The number of allylic oxidation sites excluding steroid dienone is 1. The lowest BCUT2D eigenvalue weighted by atomic mass is 10.2. The summed E-state index contributed by atoms with van der Waals surface area (Å²) in [6, 6.07) is 0. The van der Waals surface area contributed by atoms with Crippen LogP contribution in [0.5, 0.6) is 0 Å². The van der Waals surface area contributed by atoms with E-state index >= 15 is 0 Å². The molecular weight excluding hydrogens is 214 g/mol. The highest BCUT2D eigenvalue weighted by molar-refractivity contribution is 5.78. The predicted molar refractivity (Wildman–Crippen MR) is 72.4 cm³/mol. The Hall–Kier alpha value is -0.970. The molecule has 0 radical (unpaired) electrons. The van der Waals surface area contributed by atoms with Gasteiger partial charge in [0, 0.05) is 51.2 Å². The fourth-order valence-corrected chi connectivity index (χ4v) is 1.84. The van der Waals surface area contributed by atoms with Gasteiger partial charge in [0.25, 0.3) is 0 Å². The molecule has 0 aromatic rings. The Balaban J connectivity index is 2.26. The van der Waals surface area contributed by atoms with Crippen LogP contribution in [0.15, 0.2) is 29.4 Å². The zero-order valence-corrected chi connectivity index (χ0v) is 10.7. The summed E-state index contributed by atoms with van der Waals surface area (Å²) >= 11 is 0. The van der Waals surface area contributed by atoms with Gasteiger partial charge < -0.3 is 5.11 Å². The summed E-state index contributed by atoms with van der Waals surface area (Å²) in [6.45, 7) is 15.6. The molecule has 4 nitrogen and oxygen atoms in total. The molecule has 0 unspecified atom stereocenters. The minimum atomic E-state index is 0.248. The van der Waals surface area contributed by atoms with Crippen molar-refractivity contribution in [2.75, 3.05) is 45.9 Å². The molecule has 0 bridgehead atoms. The van der Waals surface area contributed by atoms with E-state index < -0.39 is 0 Å². The number of rotatable bonds is 6. The van der Waals surface area contributed by atoms with Crippen molar-refractivity contribution in [3.63, 3.8) is 0 Å². The van der Waals surface area contributed by atoms with Crippen LogP contribution in [0, 0.1) is 0 Å². The molecule has 1 aliphatic heterocycles. The lowest BCUT2D eigenvalue weighted by molar-refractivity contribution is 0.119. The van der Waals surface area contributed by atoms with Gasteiger partial charge in [-0.2, -0.15) is 0 Å². The van der Waals surface area contributed by atoms with Gasteiger partial charge in [0.2, 0.25) is 0 Å². The number of aliphatic imine (C=N–C) groups is 1. The number of piperazine rings is 1. The van der Waals surface area contributed by atoms with Crippen LogP contribution < -0.4 is 0 Å². The minimum Gasteiger partial charge on any atom is -0.395 e. The fraction of sp³-hybridized carbons (Fsp3) is 0.615. The third-order valence-electron chi connectivity index (χ3n) is 2.78. The van der Waals surface area contributed by atoms with E-state index in [9.17, 15) is 0 Å². The summed E-state index contributed by atoms with van der Waals surface area (Å²) in [5.41, 5.74) is 1.82. The average molecular weight is 237 g/mol. The van der Waals surface area contributed by atoms with Gasteiger partial charge in [-0.25, -0.2) is 0 Å². The molecule has 0 spiro atoms. The van der Waals surface area contributed by atoms with Crippen LogP contribution in [0.1, 0.15) is 6.92 Å². The van der Waals surface area contributed by atoms with E-state index in [1.54, 1.807) is 6.21 Å². The smallest absolute Gasteiger partial charge is 0.0558 e. The van der Waals surface area contributed by atoms with E-state index in [0.29, 0.717) is 0 Å². The molecule has 1 rings (SSSR count). The van der Waals surface area contributed by atoms with Gasteiger partial charge in [-0.1, -0.05) is 13.2 Å². The zero-order chi connectivity index (χ0) is 12.7. The average Bonchev–Trinajstić information content (AvgIpc) is 2.29. The Labute approximate surface area is 104 Å². The Morgan fingerprint density at radius 3 is 2.35 bits per heavy atom. The summed E-state index contributed by atoms with van der Waals surface area (Å²) < 4.78 is 0. The van der Waals surface area contributed by atoms with Gasteiger partial charge in [-0.05, 0) is 12.5 Å². The van der Waals surface area contributed by atoms with Crippen LogP contribution in [0.3, 0.4) is 0 Å². The molecule has 0 aromatic heterocycles. The van der Waals surface area contributed by atoms with Crippen molar-refractivity contribution in [1.29, 1.82) is 0 Å². The second-order valence-corrected chi connectivity index (χ2v) is 4.49. The van der Waals surface area contributed by atoms with E-state index in [-0.39, 0.29) is 6.61 Å². The molecule has 0 atom stereocenters. The van der Waals surface area contributed by atoms with Crippen molar-refractivity contribution in [3.05, 3.63) is 24.4 Å². The van der Waals surface area contributed by atoms with E-state index in [4.69, 9.17) is 5.11 Å². The summed E-state index contributed by atoms with van der Waals surface area (Å²) in [7, 11) is 0. The standard InChI is InChI=1S/C13H23N3O/c1-12(2)14-10-13(3)11-16-6-4-15(5-7-16)8-9-17/h10,17H,1,3-9,11H2,2H3. The molecule has 1 N–H and O–H groups in total. The number of β-amino-alcohol motifs (C(OH)–C–C–N with tert-alkyl or cyclic N) is 1. The molecule has 1 fully saturated rings. The maximum Gasteiger partial charge on any atom is 0.0558 e. The van der Waals surface area contributed by atoms with Crippen LogP contribution in [0.25, 0.3) is 0 Å². The number of aliphatic hydroxyl groups is 1. The highest BCUT2D eigenvalue weighted by Crippen LogP contribution is 2.03. The first-order valence-electron chi connectivity index (χ1n) is 6.04. The number of aliphatic hydroxyl groups excluding tert-OH is 1. The number of hydrogen-bond acceptors (Lipinski definition) is 4. The molecule has 0 aliphatic carbocycles. The highest BCUT2D eigenvalue weighted by Gasteiger charge is 2.15. The van der Waals surface area contributed by atoms with Crippen molar-refractivity contribution in [1.82, 2.24) is 9.80 Å². The van der Waals surface area contributed by atoms with Crippen molar-refractivity contribution in [2.45, 2.75) is 6.92 Å². The molecule has 0 saturated carbocycles. The monoisotopic (exact) mass is 237 g/mol. The first-order chi connectivity index (χ1) is 8.11. The van der Waals surface area contributed by atoms with Crippen molar-refractivity contribution >= 4 is 6.21 Å². The third-order valence-corrected chi connectivity index (χ3v) is 2.78. The van der Waals surface area contributed by atoms with Gasteiger partial charge >= 0.3 is 0 Å². The number of nitrogens with zero attached hydrogens (tertiary/aromatic N) is 3. The largest absolute Gasteiger partial charge is 0.395 e. The molecular formula is C13H23N3O. The predicted octanol–water partition coefficient (Wildman–Crippen LogP) is 0.757. The van der Waals surface area contributed by atoms with E-state index in [1.165, 1.54) is 0 Å². The molecule has 1 heterocycles. The SMILES string of the molecule is C=C(C=NC(=C)C)CN1CCN(CCO)CC1. The zero-order valence-electron chi connectivity index (χ0n) is 10.7. The second kappa shape index (κ2) is 7.37. The van der Waals surface area contributed by atoms with Crippen LogP contribution in [-0.4, -0.2) is 67.0 Å². The van der Waals surface area contributed by atoms with Gasteiger partial charge in [0.15, 0.2) is 0 Å². The Bertz CT molecular complexity index is 291. The maximum atomic E-state index is 8.86. The molecule has 96 valence electrons. The maximum absolute atomic E-state index is 8.86. The summed E-state index contributed by atoms with van der Waals surface area (Å²) in [4.78, 5) is 8.79. The second-order valence-electron chi connectivity index (χ2n) is 4.49. The normalized spacial score (nSPS) is 18.7. The van der Waals surface area contributed by atoms with Crippen LogP contribution in [-0.2, 0) is 0 Å². The molecule has 4 heteroatoms. The number of hydrogen-bond donors (Lipinski definition) is 1. The van der Waals surface area contributed by atoms with Gasteiger partial charge in [0.1, 0.15) is 0 Å². The Morgan fingerprint density at radius 2 is 1.82 bits per heavy atom. The van der Waals surface area contributed by atoms with Crippen LogP contribution >= 0.6 is 0 Å². The first-order valence-corrected chi connectivity index (χ1v) is 6.04. The Kier molecular flexibility index (Phi) is 6.11. The van der Waals surface area contributed by atoms with Gasteiger partial charge in [-0.3, -0.25) is 14.8 Å². The topological polar surface area (TPSA) is 39.1 Å². The third kappa shape index (κ3) is 5.77. The molecule has 0 amide bonds. The lowest BCUT2D eigenvalue weighted by Gasteiger charge is -2.34. The van der Waals surface area contributed by atoms with E-state index in [0.717, 1.165) is 50.5 Å². The molecule has 1 aliphatic rings. The highest BCUT2D eigenvalue weighted by atomic mass is 16.3. The van der Waals surface area contributed by atoms with Crippen LogP contribution in [0.2, 0.25) is 0 Å². The fourth-order valence-electron chi connectivity index (χ4n) is 1.84. The van der Waals surface area contributed by atoms with Gasteiger partial charge in [0.05, 0.1) is 6.61 Å².